The Morgan fingerprint density at radius 2 is 2.07 bits per heavy atom. The number of carbonyl (C=O) groups is 1. The average molecular weight is 445 g/mol. The molecule has 1 atom stereocenters. The summed E-state index contributed by atoms with van der Waals surface area (Å²) in [5, 5.41) is 4.28. The van der Waals surface area contributed by atoms with E-state index in [1.807, 2.05) is 54.7 Å². The van der Waals surface area contributed by atoms with Crippen molar-refractivity contribution in [2.24, 2.45) is 0 Å². The van der Waals surface area contributed by atoms with Gasteiger partial charge in [0.2, 0.25) is 0 Å². The molecule has 0 saturated carbocycles. The molecule has 1 aliphatic heterocycles. The highest BCUT2D eigenvalue weighted by Crippen LogP contribution is 2.28. The van der Waals surface area contributed by atoms with E-state index in [1.165, 1.54) is 11.3 Å². The number of ether oxygens (including phenoxy) is 1. The van der Waals surface area contributed by atoms with E-state index in [0.29, 0.717) is 10.7 Å². The summed E-state index contributed by atoms with van der Waals surface area (Å²) in [5.74, 6) is 0.736. The lowest BCUT2D eigenvalue weighted by atomic mass is 10.1. The zero-order chi connectivity index (χ0) is 20.1. The summed E-state index contributed by atoms with van der Waals surface area (Å²) in [4.78, 5) is 19.3. The summed E-state index contributed by atoms with van der Waals surface area (Å²) in [6.45, 7) is 0.843. The lowest BCUT2D eigenvalue weighted by Crippen LogP contribution is -2.13. The molecule has 1 saturated heterocycles. The summed E-state index contributed by atoms with van der Waals surface area (Å²) in [6, 6.07) is 15.5. The normalized spacial score (nSPS) is 16.1. The van der Waals surface area contributed by atoms with E-state index in [1.54, 1.807) is 11.8 Å². The second kappa shape index (κ2) is 9.76. The fourth-order valence-electron chi connectivity index (χ4n) is 3.15. The van der Waals surface area contributed by atoms with Crippen LogP contribution in [-0.4, -0.2) is 29.4 Å². The van der Waals surface area contributed by atoms with Gasteiger partial charge in [-0.05, 0) is 42.7 Å². The number of nitrogens with one attached hydrogen (secondary N) is 1. The largest absolute Gasteiger partial charge is 0.377 e. The van der Waals surface area contributed by atoms with Gasteiger partial charge in [0.1, 0.15) is 0 Å². The lowest BCUT2D eigenvalue weighted by Gasteiger charge is -2.11. The Labute approximate surface area is 183 Å². The first-order valence-corrected chi connectivity index (χ1v) is 11.7. The van der Waals surface area contributed by atoms with E-state index in [9.17, 15) is 4.79 Å². The number of carbonyl (C=O) groups excluding carboxylic acids is 1. The van der Waals surface area contributed by atoms with Crippen LogP contribution in [0.3, 0.4) is 0 Å². The molecule has 0 bridgehead atoms. The van der Waals surface area contributed by atoms with Crippen LogP contribution in [0.25, 0.3) is 0 Å². The number of hydrogen-bond donors (Lipinski definition) is 1. The van der Waals surface area contributed by atoms with Crippen molar-refractivity contribution in [1.29, 1.82) is 0 Å². The predicted octanol–water partition coefficient (Wildman–Crippen LogP) is 5.91. The first-order chi connectivity index (χ1) is 14.2. The van der Waals surface area contributed by atoms with Crippen molar-refractivity contribution in [2.75, 3.05) is 17.7 Å². The minimum atomic E-state index is -0.132. The number of halogens is 1. The zero-order valence-corrected chi connectivity index (χ0v) is 18.2. The SMILES string of the molecule is O=C(Nc1ncc(Cc2ccc(Cl)cc2)s1)c1ccccc1SC[C@@H]1CCCO1. The molecule has 1 aliphatic rings. The number of thioether (sulfide) groups is 1. The van der Waals surface area contributed by atoms with Gasteiger partial charge in [-0.15, -0.1) is 23.1 Å². The summed E-state index contributed by atoms with van der Waals surface area (Å²) in [7, 11) is 0. The molecule has 1 fully saturated rings. The topological polar surface area (TPSA) is 51.2 Å². The molecule has 3 aromatic rings. The minimum absolute atomic E-state index is 0.132. The van der Waals surface area contributed by atoms with Crippen molar-refractivity contribution >= 4 is 45.7 Å². The number of nitrogens with zero attached hydrogens (tertiary/aromatic N) is 1. The quantitative estimate of drug-likeness (QED) is 0.460. The molecule has 29 heavy (non-hydrogen) atoms. The molecule has 7 heteroatoms. The van der Waals surface area contributed by atoms with E-state index in [2.05, 4.69) is 10.3 Å². The maximum Gasteiger partial charge on any atom is 0.258 e. The molecule has 4 rings (SSSR count). The number of benzene rings is 2. The lowest BCUT2D eigenvalue weighted by molar-refractivity contribution is 0.102. The number of thiazole rings is 1. The van der Waals surface area contributed by atoms with Crippen molar-refractivity contribution < 1.29 is 9.53 Å². The highest BCUT2D eigenvalue weighted by atomic mass is 35.5. The van der Waals surface area contributed by atoms with E-state index in [0.717, 1.165) is 52.0 Å². The molecule has 2 aromatic carbocycles. The summed E-state index contributed by atoms with van der Waals surface area (Å²) in [5.41, 5.74) is 1.83. The predicted molar refractivity (Wildman–Crippen MR) is 120 cm³/mol. The Bertz CT molecular complexity index is 969. The molecule has 0 aliphatic carbocycles. The van der Waals surface area contributed by atoms with Gasteiger partial charge in [0.15, 0.2) is 5.13 Å². The standard InChI is InChI=1S/C22H21ClN2O2S2/c23-16-9-7-15(8-10-16)12-18-13-24-22(29-18)25-21(26)19-5-1-2-6-20(19)28-14-17-4-3-11-27-17/h1-2,5-10,13,17H,3-4,11-12,14H2,(H,24,25,26)/t17-/m0/s1. The summed E-state index contributed by atoms with van der Waals surface area (Å²) < 4.78 is 5.69. The van der Waals surface area contributed by atoms with Crippen LogP contribution in [0.4, 0.5) is 5.13 Å². The molecule has 0 unspecified atom stereocenters. The van der Waals surface area contributed by atoms with E-state index >= 15 is 0 Å². The van der Waals surface area contributed by atoms with Gasteiger partial charge in [-0.2, -0.15) is 0 Å². The third-order valence-electron chi connectivity index (χ3n) is 4.65. The van der Waals surface area contributed by atoms with Crippen molar-refractivity contribution in [3.63, 3.8) is 0 Å². The third kappa shape index (κ3) is 5.60. The summed E-state index contributed by atoms with van der Waals surface area (Å²) in [6.07, 6.45) is 5.07. The second-order valence-corrected chi connectivity index (χ2v) is 9.44. The Balaban J connectivity index is 1.39. The molecule has 1 amide bonds. The minimum Gasteiger partial charge on any atom is -0.377 e. The molecule has 1 N–H and O–H groups in total. The Morgan fingerprint density at radius 1 is 1.24 bits per heavy atom. The molecule has 1 aromatic heterocycles. The van der Waals surface area contributed by atoms with E-state index < -0.39 is 0 Å². The first-order valence-electron chi connectivity index (χ1n) is 9.51. The molecule has 150 valence electrons. The van der Waals surface area contributed by atoms with Gasteiger partial charge in [-0.3, -0.25) is 10.1 Å². The molecule has 0 spiro atoms. The smallest absolute Gasteiger partial charge is 0.258 e. The van der Waals surface area contributed by atoms with E-state index in [4.69, 9.17) is 16.3 Å². The Morgan fingerprint density at radius 3 is 2.86 bits per heavy atom. The Kier molecular flexibility index (Phi) is 6.87. The maximum atomic E-state index is 12.8. The number of rotatable bonds is 7. The van der Waals surface area contributed by atoms with Crippen LogP contribution in [-0.2, 0) is 11.2 Å². The van der Waals surface area contributed by atoms with Gasteiger partial charge >= 0.3 is 0 Å². The zero-order valence-electron chi connectivity index (χ0n) is 15.8. The molecular weight excluding hydrogens is 424 g/mol. The van der Waals surface area contributed by atoms with Crippen molar-refractivity contribution in [1.82, 2.24) is 4.98 Å². The van der Waals surface area contributed by atoms with Crippen LogP contribution in [0.15, 0.2) is 59.6 Å². The van der Waals surface area contributed by atoms with Crippen LogP contribution in [0.1, 0.15) is 33.6 Å². The van der Waals surface area contributed by atoms with Crippen LogP contribution >= 0.6 is 34.7 Å². The highest BCUT2D eigenvalue weighted by Gasteiger charge is 2.18. The monoisotopic (exact) mass is 444 g/mol. The van der Waals surface area contributed by atoms with Gasteiger partial charge in [0.25, 0.3) is 5.91 Å². The average Bonchev–Trinajstić information content (AvgIpc) is 3.40. The number of aromatic nitrogens is 1. The van der Waals surface area contributed by atoms with Gasteiger partial charge in [-0.25, -0.2) is 4.98 Å². The first kappa shape index (κ1) is 20.4. The van der Waals surface area contributed by atoms with Crippen molar-refractivity contribution in [3.8, 4) is 0 Å². The molecule has 2 heterocycles. The Hall–Kier alpha value is -1.86. The van der Waals surface area contributed by atoms with Gasteiger partial charge in [0, 0.05) is 39.8 Å². The van der Waals surface area contributed by atoms with Crippen molar-refractivity contribution in [3.05, 3.63) is 75.8 Å². The fourth-order valence-corrected chi connectivity index (χ4v) is 5.24. The highest BCUT2D eigenvalue weighted by molar-refractivity contribution is 7.99. The van der Waals surface area contributed by atoms with Gasteiger partial charge in [-0.1, -0.05) is 35.9 Å². The molecule has 4 nitrogen and oxygen atoms in total. The van der Waals surface area contributed by atoms with Gasteiger partial charge < -0.3 is 4.74 Å². The molecular formula is C22H21ClN2O2S2. The van der Waals surface area contributed by atoms with Crippen LogP contribution in [0.5, 0.6) is 0 Å². The van der Waals surface area contributed by atoms with Gasteiger partial charge in [0.05, 0.1) is 11.7 Å². The number of anilines is 1. The second-order valence-electron chi connectivity index (χ2n) is 6.83. The number of amides is 1. The van der Waals surface area contributed by atoms with Crippen LogP contribution < -0.4 is 5.32 Å². The van der Waals surface area contributed by atoms with E-state index in [-0.39, 0.29) is 12.0 Å². The van der Waals surface area contributed by atoms with Crippen molar-refractivity contribution in [2.45, 2.75) is 30.3 Å². The maximum absolute atomic E-state index is 12.8. The third-order valence-corrected chi connectivity index (χ3v) is 7.02. The molecule has 0 radical (unpaired) electrons. The van der Waals surface area contributed by atoms with Crippen LogP contribution in [0.2, 0.25) is 5.02 Å². The number of hydrogen-bond acceptors (Lipinski definition) is 5. The van der Waals surface area contributed by atoms with Crippen LogP contribution in [0, 0.1) is 0 Å². The summed E-state index contributed by atoms with van der Waals surface area (Å²) >= 11 is 9.11. The fraction of sp³-hybridized carbons (Fsp3) is 0.273.